The Hall–Kier alpha value is -1.51. The van der Waals surface area contributed by atoms with Crippen LogP contribution >= 0.6 is 0 Å². The van der Waals surface area contributed by atoms with Crippen LogP contribution < -0.4 is 5.32 Å². The Labute approximate surface area is 103 Å². The fourth-order valence-corrected chi connectivity index (χ4v) is 1.56. The van der Waals surface area contributed by atoms with Crippen LogP contribution in [0.2, 0.25) is 0 Å². The molecule has 17 heavy (non-hydrogen) atoms. The maximum atomic E-state index is 11.5. The van der Waals surface area contributed by atoms with E-state index in [1.54, 1.807) is 0 Å². The average molecular weight is 235 g/mol. The zero-order chi connectivity index (χ0) is 12.7. The Morgan fingerprint density at radius 1 is 1.35 bits per heavy atom. The SMILES string of the molecule is CCNc1ccccc1COC(=O)CC(C)C. The molecular weight excluding hydrogens is 214 g/mol. The lowest BCUT2D eigenvalue weighted by molar-refractivity contribution is -0.145. The van der Waals surface area contributed by atoms with E-state index in [-0.39, 0.29) is 5.97 Å². The highest BCUT2D eigenvalue weighted by Crippen LogP contribution is 2.16. The molecule has 1 aromatic rings. The number of ether oxygens (including phenoxy) is 1. The van der Waals surface area contributed by atoms with Gasteiger partial charge in [-0.05, 0) is 18.9 Å². The molecule has 0 bridgehead atoms. The standard InChI is InChI=1S/C14H21NO2/c1-4-15-13-8-6-5-7-12(13)10-17-14(16)9-11(2)3/h5-8,11,15H,4,9-10H2,1-3H3. The lowest BCUT2D eigenvalue weighted by Gasteiger charge is -2.11. The molecule has 1 N–H and O–H groups in total. The molecule has 0 amide bonds. The molecule has 1 aromatic carbocycles. The first kappa shape index (κ1) is 13.6. The Bertz CT molecular complexity index is 361. The van der Waals surface area contributed by atoms with Gasteiger partial charge in [-0.25, -0.2) is 0 Å². The second kappa shape index (κ2) is 6.94. The molecule has 3 nitrogen and oxygen atoms in total. The van der Waals surface area contributed by atoms with Crippen molar-refractivity contribution in [2.45, 2.75) is 33.8 Å². The van der Waals surface area contributed by atoms with E-state index in [1.807, 2.05) is 45.0 Å². The molecule has 0 unspecified atom stereocenters. The Kier molecular flexibility index (Phi) is 5.53. The fraction of sp³-hybridized carbons (Fsp3) is 0.500. The number of anilines is 1. The van der Waals surface area contributed by atoms with Gasteiger partial charge in [0.05, 0.1) is 0 Å². The average Bonchev–Trinajstić information content (AvgIpc) is 2.27. The predicted octanol–water partition coefficient (Wildman–Crippen LogP) is 3.21. The van der Waals surface area contributed by atoms with Gasteiger partial charge in [-0.15, -0.1) is 0 Å². The molecule has 3 heteroatoms. The summed E-state index contributed by atoms with van der Waals surface area (Å²) >= 11 is 0. The molecule has 0 saturated carbocycles. The van der Waals surface area contributed by atoms with E-state index < -0.39 is 0 Å². The van der Waals surface area contributed by atoms with Crippen LogP contribution in [-0.2, 0) is 16.1 Å². The number of esters is 1. The van der Waals surface area contributed by atoms with Gasteiger partial charge in [-0.1, -0.05) is 32.0 Å². The normalized spacial score (nSPS) is 10.4. The third kappa shape index (κ3) is 4.89. The third-order valence-electron chi connectivity index (χ3n) is 2.35. The summed E-state index contributed by atoms with van der Waals surface area (Å²) in [6.07, 6.45) is 0.476. The lowest BCUT2D eigenvalue weighted by Crippen LogP contribution is -2.09. The maximum absolute atomic E-state index is 11.5. The molecule has 0 aliphatic heterocycles. The number of para-hydroxylation sites is 1. The summed E-state index contributed by atoms with van der Waals surface area (Å²) in [5.41, 5.74) is 2.05. The second-order valence-electron chi connectivity index (χ2n) is 4.45. The van der Waals surface area contributed by atoms with Crippen LogP contribution in [0.1, 0.15) is 32.8 Å². The van der Waals surface area contributed by atoms with Crippen LogP contribution in [0.15, 0.2) is 24.3 Å². The third-order valence-corrected chi connectivity index (χ3v) is 2.35. The van der Waals surface area contributed by atoms with Crippen LogP contribution in [0.3, 0.4) is 0 Å². The minimum absolute atomic E-state index is 0.133. The molecule has 0 fully saturated rings. The van der Waals surface area contributed by atoms with E-state index in [4.69, 9.17) is 4.74 Å². The van der Waals surface area contributed by atoms with Gasteiger partial charge in [0.25, 0.3) is 0 Å². The topological polar surface area (TPSA) is 38.3 Å². The molecule has 0 aliphatic rings. The molecule has 0 radical (unpaired) electrons. The van der Waals surface area contributed by atoms with Crippen molar-refractivity contribution >= 4 is 11.7 Å². The van der Waals surface area contributed by atoms with Gasteiger partial charge in [0.15, 0.2) is 0 Å². The van der Waals surface area contributed by atoms with Crippen LogP contribution in [0.25, 0.3) is 0 Å². The van der Waals surface area contributed by atoms with Crippen molar-refractivity contribution in [3.05, 3.63) is 29.8 Å². The number of hydrogen-bond donors (Lipinski definition) is 1. The highest BCUT2D eigenvalue weighted by atomic mass is 16.5. The summed E-state index contributed by atoms with van der Waals surface area (Å²) in [6, 6.07) is 7.89. The Morgan fingerprint density at radius 2 is 2.06 bits per heavy atom. The van der Waals surface area contributed by atoms with Crippen molar-refractivity contribution in [1.29, 1.82) is 0 Å². The molecule has 0 aliphatic carbocycles. The van der Waals surface area contributed by atoms with Crippen molar-refractivity contribution in [1.82, 2.24) is 0 Å². The summed E-state index contributed by atoms with van der Waals surface area (Å²) in [4.78, 5) is 11.5. The molecule has 0 spiro atoms. The van der Waals surface area contributed by atoms with Gasteiger partial charge in [-0.2, -0.15) is 0 Å². The number of hydrogen-bond acceptors (Lipinski definition) is 3. The van der Waals surface area contributed by atoms with Gasteiger partial charge >= 0.3 is 5.97 Å². The summed E-state index contributed by atoms with van der Waals surface area (Å²) in [5.74, 6) is 0.206. The predicted molar refractivity (Wildman–Crippen MR) is 69.9 cm³/mol. The second-order valence-corrected chi connectivity index (χ2v) is 4.45. The monoisotopic (exact) mass is 235 g/mol. The van der Waals surface area contributed by atoms with E-state index in [0.29, 0.717) is 18.9 Å². The highest BCUT2D eigenvalue weighted by Gasteiger charge is 2.07. The van der Waals surface area contributed by atoms with Crippen molar-refractivity contribution in [3.8, 4) is 0 Å². The van der Waals surface area contributed by atoms with Crippen LogP contribution in [0.4, 0.5) is 5.69 Å². The van der Waals surface area contributed by atoms with Gasteiger partial charge < -0.3 is 10.1 Å². The number of carbonyl (C=O) groups excluding carboxylic acids is 1. The molecule has 94 valence electrons. The first-order valence-corrected chi connectivity index (χ1v) is 6.10. The van der Waals surface area contributed by atoms with E-state index >= 15 is 0 Å². The summed E-state index contributed by atoms with van der Waals surface area (Å²) in [7, 11) is 0. The first-order valence-electron chi connectivity index (χ1n) is 6.10. The van der Waals surface area contributed by atoms with Crippen molar-refractivity contribution in [3.63, 3.8) is 0 Å². The summed E-state index contributed by atoms with van der Waals surface area (Å²) in [5, 5.41) is 3.25. The van der Waals surface area contributed by atoms with Crippen LogP contribution in [0.5, 0.6) is 0 Å². The zero-order valence-corrected chi connectivity index (χ0v) is 10.8. The number of benzene rings is 1. The fourth-order valence-electron chi connectivity index (χ4n) is 1.56. The number of carbonyl (C=O) groups is 1. The number of nitrogens with one attached hydrogen (secondary N) is 1. The van der Waals surface area contributed by atoms with E-state index in [2.05, 4.69) is 5.32 Å². The molecule has 0 saturated heterocycles. The minimum Gasteiger partial charge on any atom is -0.461 e. The van der Waals surface area contributed by atoms with Crippen molar-refractivity contribution < 1.29 is 9.53 Å². The van der Waals surface area contributed by atoms with Gasteiger partial charge in [-0.3, -0.25) is 4.79 Å². The molecule has 1 rings (SSSR count). The lowest BCUT2D eigenvalue weighted by atomic mass is 10.1. The van der Waals surface area contributed by atoms with Crippen LogP contribution in [-0.4, -0.2) is 12.5 Å². The summed E-state index contributed by atoms with van der Waals surface area (Å²) in [6.45, 7) is 7.26. The maximum Gasteiger partial charge on any atom is 0.306 e. The molecule has 0 aromatic heterocycles. The quantitative estimate of drug-likeness (QED) is 0.769. The van der Waals surface area contributed by atoms with Crippen LogP contribution in [0, 0.1) is 5.92 Å². The van der Waals surface area contributed by atoms with Gasteiger partial charge in [0.1, 0.15) is 6.61 Å². The zero-order valence-electron chi connectivity index (χ0n) is 10.8. The highest BCUT2D eigenvalue weighted by molar-refractivity contribution is 5.69. The van der Waals surface area contributed by atoms with Crippen molar-refractivity contribution in [2.24, 2.45) is 5.92 Å². The Morgan fingerprint density at radius 3 is 2.71 bits per heavy atom. The van der Waals surface area contributed by atoms with E-state index in [9.17, 15) is 4.79 Å². The molecule has 0 heterocycles. The largest absolute Gasteiger partial charge is 0.461 e. The smallest absolute Gasteiger partial charge is 0.306 e. The van der Waals surface area contributed by atoms with Gasteiger partial charge in [0, 0.05) is 24.2 Å². The number of rotatable bonds is 6. The minimum atomic E-state index is -0.133. The molecular formula is C14H21NO2. The van der Waals surface area contributed by atoms with Crippen molar-refractivity contribution in [2.75, 3.05) is 11.9 Å². The van der Waals surface area contributed by atoms with E-state index in [0.717, 1.165) is 17.8 Å². The Balaban J connectivity index is 2.53. The summed E-state index contributed by atoms with van der Waals surface area (Å²) < 4.78 is 5.25. The first-order chi connectivity index (χ1) is 8.13. The van der Waals surface area contributed by atoms with Gasteiger partial charge in [0.2, 0.25) is 0 Å². The molecule has 0 atom stereocenters. The van der Waals surface area contributed by atoms with E-state index in [1.165, 1.54) is 0 Å².